The van der Waals surface area contributed by atoms with E-state index in [1.807, 2.05) is 43.3 Å². The summed E-state index contributed by atoms with van der Waals surface area (Å²) in [6.07, 6.45) is 4.52. The van der Waals surface area contributed by atoms with Crippen molar-refractivity contribution in [1.29, 1.82) is 0 Å². The van der Waals surface area contributed by atoms with Crippen LogP contribution in [-0.2, 0) is 11.2 Å². The van der Waals surface area contributed by atoms with Gasteiger partial charge < -0.3 is 10.6 Å². The Labute approximate surface area is 124 Å². The molecule has 1 heterocycles. The van der Waals surface area contributed by atoms with E-state index in [1.54, 1.807) is 6.20 Å². The molecule has 1 fully saturated rings. The largest absolute Gasteiger partial charge is 0.367 e. The zero-order valence-electron chi connectivity index (χ0n) is 12.1. The monoisotopic (exact) mass is 281 g/mol. The highest BCUT2D eigenvalue weighted by atomic mass is 16.1. The predicted octanol–water partition coefficient (Wildman–Crippen LogP) is 3.15. The Balaban J connectivity index is 1.57. The number of carbonyl (C=O) groups excluding carboxylic acids is 1. The van der Waals surface area contributed by atoms with Gasteiger partial charge in [-0.1, -0.05) is 24.3 Å². The lowest BCUT2D eigenvalue weighted by atomic mass is 10.1. The molecule has 0 radical (unpaired) electrons. The zero-order valence-corrected chi connectivity index (χ0v) is 12.1. The smallest absolute Gasteiger partial charge is 0.228 e. The normalized spacial score (nSPS) is 13.8. The minimum atomic E-state index is -0.0194. The number of hydrogen-bond donors (Lipinski definition) is 2. The fraction of sp³-hybridized carbons (Fsp3) is 0.294. The summed E-state index contributed by atoms with van der Waals surface area (Å²) in [7, 11) is 0. The van der Waals surface area contributed by atoms with Gasteiger partial charge in [0.1, 0.15) is 5.82 Å². The van der Waals surface area contributed by atoms with Crippen molar-refractivity contribution in [2.24, 2.45) is 0 Å². The Kier molecular flexibility index (Phi) is 3.86. The van der Waals surface area contributed by atoms with Crippen molar-refractivity contribution in [1.82, 2.24) is 4.98 Å². The number of hydrogen-bond acceptors (Lipinski definition) is 3. The number of rotatable bonds is 5. The topological polar surface area (TPSA) is 54.0 Å². The quantitative estimate of drug-likeness (QED) is 0.885. The maximum atomic E-state index is 12.1. The highest BCUT2D eigenvalue weighted by Gasteiger charge is 2.21. The Bertz CT molecular complexity index is 633. The molecular formula is C17H19N3O. The van der Waals surface area contributed by atoms with E-state index in [-0.39, 0.29) is 5.91 Å². The Morgan fingerprint density at radius 3 is 2.71 bits per heavy atom. The molecule has 1 aliphatic carbocycles. The van der Waals surface area contributed by atoms with Crippen LogP contribution < -0.4 is 10.6 Å². The van der Waals surface area contributed by atoms with E-state index >= 15 is 0 Å². The van der Waals surface area contributed by atoms with Crippen LogP contribution in [0.2, 0.25) is 0 Å². The maximum Gasteiger partial charge on any atom is 0.228 e. The second-order valence-electron chi connectivity index (χ2n) is 5.50. The fourth-order valence-electron chi connectivity index (χ4n) is 2.18. The van der Waals surface area contributed by atoms with Gasteiger partial charge in [-0.05, 0) is 43.0 Å². The zero-order chi connectivity index (χ0) is 14.7. The minimum absolute atomic E-state index is 0.0194. The first kappa shape index (κ1) is 13.6. The number of aryl methyl sites for hydroxylation is 1. The Hall–Kier alpha value is -2.36. The van der Waals surface area contributed by atoms with Gasteiger partial charge in [0, 0.05) is 6.04 Å². The Morgan fingerprint density at radius 2 is 2.05 bits per heavy atom. The van der Waals surface area contributed by atoms with Gasteiger partial charge in [-0.15, -0.1) is 0 Å². The van der Waals surface area contributed by atoms with E-state index in [9.17, 15) is 4.79 Å². The lowest BCUT2D eigenvalue weighted by molar-refractivity contribution is -0.115. The van der Waals surface area contributed by atoms with Gasteiger partial charge in [0.2, 0.25) is 5.91 Å². The first-order valence-electron chi connectivity index (χ1n) is 7.27. The molecule has 0 atom stereocenters. The van der Waals surface area contributed by atoms with Gasteiger partial charge in [-0.25, -0.2) is 4.98 Å². The number of nitrogens with one attached hydrogen (secondary N) is 2. The number of pyridine rings is 1. The number of nitrogens with zero attached hydrogens (tertiary/aromatic N) is 1. The SMILES string of the molecule is Cc1ccccc1CC(=O)Nc1ccc(NC2CC2)nc1. The van der Waals surface area contributed by atoms with Crippen molar-refractivity contribution >= 4 is 17.4 Å². The summed E-state index contributed by atoms with van der Waals surface area (Å²) in [6.45, 7) is 2.02. The third-order valence-corrected chi connectivity index (χ3v) is 3.59. The molecular weight excluding hydrogens is 262 g/mol. The highest BCUT2D eigenvalue weighted by Crippen LogP contribution is 2.23. The summed E-state index contributed by atoms with van der Waals surface area (Å²) in [5, 5.41) is 6.20. The second-order valence-corrected chi connectivity index (χ2v) is 5.50. The summed E-state index contributed by atoms with van der Waals surface area (Å²) in [4.78, 5) is 16.4. The van der Waals surface area contributed by atoms with Gasteiger partial charge in [-0.2, -0.15) is 0 Å². The molecule has 4 heteroatoms. The first-order chi connectivity index (χ1) is 10.2. The van der Waals surface area contributed by atoms with E-state index in [1.165, 1.54) is 12.8 Å². The lowest BCUT2D eigenvalue weighted by Crippen LogP contribution is -2.15. The van der Waals surface area contributed by atoms with Gasteiger partial charge >= 0.3 is 0 Å². The highest BCUT2D eigenvalue weighted by molar-refractivity contribution is 5.92. The van der Waals surface area contributed by atoms with Crippen LogP contribution in [0, 0.1) is 6.92 Å². The van der Waals surface area contributed by atoms with Crippen LogP contribution in [0.15, 0.2) is 42.6 Å². The molecule has 4 nitrogen and oxygen atoms in total. The molecule has 0 bridgehead atoms. The van der Waals surface area contributed by atoms with Gasteiger partial charge in [0.25, 0.3) is 0 Å². The molecule has 0 unspecified atom stereocenters. The van der Waals surface area contributed by atoms with Crippen LogP contribution in [0.3, 0.4) is 0 Å². The predicted molar refractivity (Wildman–Crippen MR) is 84.4 cm³/mol. The standard InChI is InChI=1S/C17H19N3O/c1-12-4-2-3-5-13(12)10-17(21)20-15-8-9-16(18-11-15)19-14-6-7-14/h2-5,8-9,11,14H,6-7,10H2,1H3,(H,18,19)(H,20,21). The summed E-state index contributed by atoms with van der Waals surface area (Å²) in [5.74, 6) is 0.850. The summed E-state index contributed by atoms with van der Waals surface area (Å²) in [5.41, 5.74) is 2.92. The summed E-state index contributed by atoms with van der Waals surface area (Å²) >= 11 is 0. The van der Waals surface area contributed by atoms with Crippen LogP contribution in [0.5, 0.6) is 0 Å². The van der Waals surface area contributed by atoms with Crippen LogP contribution >= 0.6 is 0 Å². The van der Waals surface area contributed by atoms with Crippen LogP contribution in [0.4, 0.5) is 11.5 Å². The third kappa shape index (κ3) is 3.81. The average Bonchev–Trinajstić information content (AvgIpc) is 3.28. The van der Waals surface area contributed by atoms with Crippen molar-refractivity contribution < 1.29 is 4.79 Å². The van der Waals surface area contributed by atoms with Gasteiger partial charge in [-0.3, -0.25) is 4.79 Å². The Morgan fingerprint density at radius 1 is 1.24 bits per heavy atom. The molecule has 1 amide bonds. The van der Waals surface area contributed by atoms with Crippen LogP contribution in [0.1, 0.15) is 24.0 Å². The molecule has 0 aliphatic heterocycles. The van der Waals surface area contributed by atoms with Crippen molar-refractivity contribution in [3.8, 4) is 0 Å². The number of amides is 1. The van der Waals surface area contributed by atoms with Crippen LogP contribution in [-0.4, -0.2) is 16.9 Å². The summed E-state index contributed by atoms with van der Waals surface area (Å²) in [6, 6.07) is 12.3. The molecule has 1 aromatic carbocycles. The molecule has 108 valence electrons. The molecule has 1 aromatic heterocycles. The fourth-order valence-corrected chi connectivity index (χ4v) is 2.18. The molecule has 0 saturated heterocycles. The first-order valence-corrected chi connectivity index (χ1v) is 7.27. The van der Waals surface area contributed by atoms with Crippen molar-refractivity contribution in [3.05, 3.63) is 53.7 Å². The van der Waals surface area contributed by atoms with Crippen molar-refractivity contribution in [2.45, 2.75) is 32.2 Å². The molecule has 2 N–H and O–H groups in total. The van der Waals surface area contributed by atoms with E-state index in [4.69, 9.17) is 0 Å². The molecule has 0 spiro atoms. The van der Waals surface area contributed by atoms with Crippen molar-refractivity contribution in [3.63, 3.8) is 0 Å². The van der Waals surface area contributed by atoms with E-state index in [2.05, 4.69) is 15.6 Å². The molecule has 1 saturated carbocycles. The lowest BCUT2D eigenvalue weighted by Gasteiger charge is -2.08. The number of anilines is 2. The van der Waals surface area contributed by atoms with Crippen molar-refractivity contribution in [2.75, 3.05) is 10.6 Å². The molecule has 21 heavy (non-hydrogen) atoms. The summed E-state index contributed by atoms with van der Waals surface area (Å²) < 4.78 is 0. The van der Waals surface area contributed by atoms with Crippen LogP contribution in [0.25, 0.3) is 0 Å². The number of aromatic nitrogens is 1. The van der Waals surface area contributed by atoms with Gasteiger partial charge in [0.15, 0.2) is 0 Å². The maximum absolute atomic E-state index is 12.1. The number of benzene rings is 1. The van der Waals surface area contributed by atoms with E-state index in [0.29, 0.717) is 12.5 Å². The molecule has 2 aromatic rings. The second kappa shape index (κ2) is 5.95. The van der Waals surface area contributed by atoms with E-state index < -0.39 is 0 Å². The third-order valence-electron chi connectivity index (χ3n) is 3.59. The molecule has 1 aliphatic rings. The molecule has 3 rings (SSSR count). The average molecular weight is 281 g/mol. The van der Waals surface area contributed by atoms with E-state index in [0.717, 1.165) is 22.6 Å². The minimum Gasteiger partial charge on any atom is -0.367 e. The van der Waals surface area contributed by atoms with Gasteiger partial charge in [0.05, 0.1) is 18.3 Å². The number of carbonyl (C=O) groups is 1.